The quantitative estimate of drug-likeness (QED) is 0.423. The molecule has 3 aliphatic rings. The van der Waals surface area contributed by atoms with Crippen LogP contribution in [0.15, 0.2) is 42.7 Å². The summed E-state index contributed by atoms with van der Waals surface area (Å²) in [5, 5.41) is 20.0. The Morgan fingerprint density at radius 1 is 1.24 bits per heavy atom. The molecule has 1 saturated heterocycles. The van der Waals surface area contributed by atoms with Crippen LogP contribution >= 0.6 is 0 Å². The molecule has 8 nitrogen and oxygen atoms in total. The van der Waals surface area contributed by atoms with Gasteiger partial charge in [-0.2, -0.15) is 5.10 Å². The molecule has 2 aromatic heterocycles. The summed E-state index contributed by atoms with van der Waals surface area (Å²) in [5.41, 5.74) is 8.78. The van der Waals surface area contributed by atoms with Crippen molar-refractivity contribution in [3.63, 3.8) is 0 Å². The monoisotopic (exact) mass is 506 g/mol. The summed E-state index contributed by atoms with van der Waals surface area (Å²) in [5.74, 6) is 0.0686. The van der Waals surface area contributed by atoms with Crippen molar-refractivity contribution in [2.24, 2.45) is 11.8 Å². The lowest BCUT2D eigenvalue weighted by Crippen LogP contribution is -2.50. The number of halogens is 1. The van der Waals surface area contributed by atoms with Gasteiger partial charge in [-0.3, -0.25) is 19.9 Å². The van der Waals surface area contributed by atoms with Crippen molar-refractivity contribution >= 4 is 16.8 Å². The van der Waals surface area contributed by atoms with E-state index < -0.39 is 5.60 Å². The summed E-state index contributed by atoms with van der Waals surface area (Å²) < 4.78 is 15.5. The average molecular weight is 507 g/mol. The number of aryl methyl sites for hydroxylation is 1. The maximum absolute atomic E-state index is 13.8. The number of aromatic nitrogens is 3. The van der Waals surface area contributed by atoms with Crippen LogP contribution in [-0.2, 0) is 11.3 Å². The minimum absolute atomic E-state index is 0.0403. The highest BCUT2D eigenvalue weighted by Crippen LogP contribution is 2.41. The molecular formula is C28H35FN6O2. The van der Waals surface area contributed by atoms with Crippen molar-refractivity contribution in [1.29, 1.82) is 0 Å². The molecule has 6 rings (SSSR count). The van der Waals surface area contributed by atoms with Crippen LogP contribution in [0, 0.1) is 24.6 Å². The lowest BCUT2D eigenvalue weighted by molar-refractivity contribution is -0.128. The van der Waals surface area contributed by atoms with Crippen molar-refractivity contribution in [3.05, 3.63) is 59.8 Å². The summed E-state index contributed by atoms with van der Waals surface area (Å²) in [6.07, 6.45) is 8.95. The molecule has 0 bridgehead atoms. The van der Waals surface area contributed by atoms with Gasteiger partial charge >= 0.3 is 0 Å². The number of hydrazine groups is 1. The number of nitrogens with one attached hydrogen (secondary N) is 3. The molecule has 1 amide bonds. The van der Waals surface area contributed by atoms with Gasteiger partial charge in [0.05, 0.1) is 29.9 Å². The Balaban J connectivity index is 1.10. The van der Waals surface area contributed by atoms with Crippen LogP contribution < -0.4 is 16.2 Å². The van der Waals surface area contributed by atoms with Gasteiger partial charge in [0.1, 0.15) is 5.82 Å². The number of benzene rings is 1. The molecule has 3 fully saturated rings. The van der Waals surface area contributed by atoms with E-state index in [9.17, 15) is 14.3 Å². The zero-order valence-electron chi connectivity index (χ0n) is 21.2. The first-order valence-electron chi connectivity index (χ1n) is 13.4. The maximum atomic E-state index is 13.8. The molecule has 0 spiro atoms. The van der Waals surface area contributed by atoms with Gasteiger partial charge in [-0.15, -0.1) is 0 Å². The smallest absolute Gasteiger partial charge is 0.223 e. The summed E-state index contributed by atoms with van der Waals surface area (Å²) in [7, 11) is 0. The van der Waals surface area contributed by atoms with Crippen molar-refractivity contribution in [2.75, 3.05) is 0 Å². The van der Waals surface area contributed by atoms with E-state index in [1.54, 1.807) is 16.9 Å². The average Bonchev–Trinajstić information content (AvgIpc) is 3.47. The molecule has 4 unspecified atom stereocenters. The fourth-order valence-electron chi connectivity index (χ4n) is 6.76. The zero-order valence-corrected chi connectivity index (χ0v) is 21.2. The van der Waals surface area contributed by atoms with Gasteiger partial charge in [0, 0.05) is 35.3 Å². The van der Waals surface area contributed by atoms with Gasteiger partial charge in [-0.1, -0.05) is 0 Å². The molecule has 6 atom stereocenters. The van der Waals surface area contributed by atoms with E-state index in [-0.39, 0.29) is 36.3 Å². The van der Waals surface area contributed by atoms with Crippen molar-refractivity contribution in [3.8, 4) is 0 Å². The fourth-order valence-corrected chi connectivity index (χ4v) is 6.76. The molecule has 4 N–H and O–H groups in total. The number of amides is 1. The fraction of sp³-hybridized carbons (Fsp3) is 0.536. The minimum atomic E-state index is -0.997. The van der Waals surface area contributed by atoms with Gasteiger partial charge in [-0.25, -0.2) is 9.82 Å². The standard InChI is InChI=1S/C28H35FN6O2/c1-17-11-18(8-10-30-17)26-23-12-19(5-7-24(23)33-34-26)27(36)32-22-3-2-9-28(37,14-22)16-35-25-13-21(29)6-4-20(25)15-31-35/h4,6,8,10-11,13,15,19,22-24,26,33-34,37H,2-3,5,7,9,12,14,16H2,1H3,(H,32,36)/t19?,22-,23?,24?,26?,28+/m0/s1. The molecule has 0 radical (unpaired) electrons. The van der Waals surface area contributed by atoms with Gasteiger partial charge in [0.15, 0.2) is 0 Å². The normalized spacial score (nSPS) is 31.8. The number of nitrogens with zero attached hydrogens (tertiary/aromatic N) is 3. The predicted molar refractivity (Wildman–Crippen MR) is 138 cm³/mol. The molecule has 196 valence electrons. The summed E-state index contributed by atoms with van der Waals surface area (Å²) in [6.45, 7) is 2.28. The first-order chi connectivity index (χ1) is 17.9. The molecule has 37 heavy (non-hydrogen) atoms. The van der Waals surface area contributed by atoms with Crippen LogP contribution in [-0.4, -0.2) is 43.5 Å². The van der Waals surface area contributed by atoms with Crippen molar-refractivity contribution in [1.82, 2.24) is 30.9 Å². The molecule has 1 aliphatic heterocycles. The molecular weight excluding hydrogens is 471 g/mol. The third-order valence-electron chi connectivity index (χ3n) is 8.62. The largest absolute Gasteiger partial charge is 0.388 e. The summed E-state index contributed by atoms with van der Waals surface area (Å²) in [4.78, 5) is 17.7. The van der Waals surface area contributed by atoms with Gasteiger partial charge < -0.3 is 10.4 Å². The van der Waals surface area contributed by atoms with Crippen LogP contribution in [0.1, 0.15) is 62.2 Å². The maximum Gasteiger partial charge on any atom is 0.223 e. The highest BCUT2D eigenvalue weighted by atomic mass is 19.1. The third-order valence-corrected chi connectivity index (χ3v) is 8.62. The van der Waals surface area contributed by atoms with E-state index in [0.29, 0.717) is 30.3 Å². The van der Waals surface area contributed by atoms with E-state index in [0.717, 1.165) is 43.2 Å². The Hall–Kier alpha value is -2.88. The molecule has 1 aromatic carbocycles. The van der Waals surface area contributed by atoms with E-state index in [1.807, 2.05) is 13.1 Å². The predicted octanol–water partition coefficient (Wildman–Crippen LogP) is 3.30. The second-order valence-corrected chi connectivity index (χ2v) is 11.3. The van der Waals surface area contributed by atoms with Crippen LogP contribution in [0.25, 0.3) is 10.9 Å². The highest BCUT2D eigenvalue weighted by molar-refractivity contribution is 5.79. The molecule has 3 aromatic rings. The van der Waals surface area contributed by atoms with Gasteiger partial charge in [0.2, 0.25) is 5.91 Å². The topological polar surface area (TPSA) is 104 Å². The number of hydrogen-bond donors (Lipinski definition) is 4. The lowest BCUT2D eigenvalue weighted by atomic mass is 9.74. The Labute approximate surface area is 216 Å². The van der Waals surface area contributed by atoms with E-state index in [4.69, 9.17) is 0 Å². The van der Waals surface area contributed by atoms with E-state index in [1.165, 1.54) is 17.7 Å². The van der Waals surface area contributed by atoms with Crippen molar-refractivity contribution < 1.29 is 14.3 Å². The van der Waals surface area contributed by atoms with E-state index in [2.05, 4.69) is 38.4 Å². The second-order valence-electron chi connectivity index (χ2n) is 11.3. The molecule has 2 saturated carbocycles. The zero-order chi connectivity index (χ0) is 25.6. The first-order valence-corrected chi connectivity index (χ1v) is 13.4. The number of rotatable bonds is 5. The molecule has 9 heteroatoms. The van der Waals surface area contributed by atoms with Gasteiger partial charge in [0.25, 0.3) is 0 Å². The molecule has 3 heterocycles. The number of carbonyl (C=O) groups excluding carboxylic acids is 1. The SMILES string of the molecule is Cc1cc(C2NNC3CCC(C(=O)N[C@H]4CCC[C@](O)(Cn5ncc6ccc(F)cc65)C4)CC32)ccn1. The Morgan fingerprint density at radius 3 is 3.00 bits per heavy atom. The first kappa shape index (κ1) is 24.5. The number of fused-ring (bicyclic) bond motifs is 2. The van der Waals surface area contributed by atoms with E-state index >= 15 is 0 Å². The summed E-state index contributed by atoms with van der Waals surface area (Å²) in [6, 6.07) is 9.18. The minimum Gasteiger partial charge on any atom is -0.388 e. The number of aliphatic hydroxyl groups is 1. The van der Waals surface area contributed by atoms with Gasteiger partial charge in [-0.05, 0) is 93.7 Å². The van der Waals surface area contributed by atoms with Crippen LogP contribution in [0.4, 0.5) is 4.39 Å². The summed E-state index contributed by atoms with van der Waals surface area (Å²) >= 11 is 0. The Bertz CT molecular complexity index is 1300. The third kappa shape index (κ3) is 5.00. The van der Waals surface area contributed by atoms with Crippen LogP contribution in [0.5, 0.6) is 0 Å². The van der Waals surface area contributed by atoms with Crippen LogP contribution in [0.3, 0.4) is 0 Å². The number of carbonyl (C=O) groups is 1. The Morgan fingerprint density at radius 2 is 2.14 bits per heavy atom. The number of pyridine rings is 1. The van der Waals surface area contributed by atoms with Crippen molar-refractivity contribution in [2.45, 2.75) is 82.1 Å². The molecule has 2 aliphatic carbocycles. The van der Waals surface area contributed by atoms with Crippen LogP contribution in [0.2, 0.25) is 0 Å². The number of hydrogen-bond acceptors (Lipinski definition) is 6. The highest BCUT2D eigenvalue weighted by Gasteiger charge is 2.43. The second kappa shape index (κ2) is 9.78. The Kier molecular flexibility index (Phi) is 6.46. The lowest BCUT2D eigenvalue weighted by Gasteiger charge is -2.38.